The van der Waals surface area contributed by atoms with Gasteiger partial charge in [-0.25, -0.2) is 0 Å². The fourth-order valence-electron chi connectivity index (χ4n) is 2.73. The average Bonchev–Trinajstić information content (AvgIpc) is 3.13. The van der Waals surface area contributed by atoms with Crippen LogP contribution in [0.3, 0.4) is 0 Å². The Morgan fingerprint density at radius 1 is 1.03 bits per heavy atom. The van der Waals surface area contributed by atoms with Crippen LogP contribution in [0.5, 0.6) is 11.5 Å². The second-order valence-corrected chi connectivity index (χ2v) is 7.87. The number of aromatic amines is 1. The minimum absolute atomic E-state index is 0.0655. The summed E-state index contributed by atoms with van der Waals surface area (Å²) in [5.74, 6) is 0.657. The number of amides is 1. The van der Waals surface area contributed by atoms with Crippen LogP contribution in [0, 0.1) is 6.92 Å². The predicted molar refractivity (Wildman–Crippen MR) is 113 cm³/mol. The number of anilines is 2. The number of nitrogens with one attached hydrogen (secondary N) is 3. The number of sulfonamides is 1. The van der Waals surface area contributed by atoms with Crippen LogP contribution in [0.1, 0.15) is 23.0 Å². The van der Waals surface area contributed by atoms with E-state index >= 15 is 0 Å². The molecule has 0 atom stereocenters. The zero-order valence-electron chi connectivity index (χ0n) is 16.7. The molecule has 158 valence electrons. The van der Waals surface area contributed by atoms with Crippen molar-refractivity contribution in [1.29, 1.82) is 0 Å². The van der Waals surface area contributed by atoms with Crippen LogP contribution in [-0.2, 0) is 10.0 Å². The molecular weight excluding hydrogens is 408 g/mol. The number of rotatable bonds is 8. The monoisotopic (exact) mass is 430 g/mol. The van der Waals surface area contributed by atoms with Crippen molar-refractivity contribution >= 4 is 27.3 Å². The molecule has 1 heterocycles. The maximum absolute atomic E-state index is 12.9. The van der Waals surface area contributed by atoms with Crippen LogP contribution in [0.4, 0.5) is 11.4 Å². The molecule has 0 unspecified atom stereocenters. The minimum Gasteiger partial charge on any atom is -0.497 e. The van der Waals surface area contributed by atoms with Crippen molar-refractivity contribution in [3.8, 4) is 11.5 Å². The van der Waals surface area contributed by atoms with Gasteiger partial charge in [-0.05, 0) is 62.4 Å². The average molecular weight is 430 g/mol. The Balaban J connectivity index is 1.83. The molecule has 0 aliphatic rings. The van der Waals surface area contributed by atoms with Gasteiger partial charge in [0.05, 0.1) is 13.7 Å². The number of H-pyrrole nitrogens is 1. The van der Waals surface area contributed by atoms with Crippen molar-refractivity contribution < 1.29 is 22.7 Å². The van der Waals surface area contributed by atoms with Crippen molar-refractivity contribution in [3.05, 3.63) is 59.8 Å². The highest BCUT2D eigenvalue weighted by atomic mass is 32.2. The zero-order valence-corrected chi connectivity index (χ0v) is 17.5. The molecular formula is C20H22N4O5S. The van der Waals surface area contributed by atoms with E-state index in [0.717, 1.165) is 0 Å². The number of methoxy groups -OCH3 is 1. The number of hydrogen-bond acceptors (Lipinski definition) is 6. The molecule has 0 fully saturated rings. The third kappa shape index (κ3) is 4.71. The van der Waals surface area contributed by atoms with Crippen LogP contribution in [0.25, 0.3) is 0 Å². The number of carbonyl (C=O) groups excluding carboxylic acids is 1. The summed E-state index contributed by atoms with van der Waals surface area (Å²) in [5.41, 5.74) is 1.07. The number of aromatic nitrogens is 2. The highest BCUT2D eigenvalue weighted by molar-refractivity contribution is 7.92. The van der Waals surface area contributed by atoms with Crippen molar-refractivity contribution in [2.24, 2.45) is 0 Å². The Bertz CT molecular complexity index is 1120. The molecule has 3 N–H and O–H groups in total. The molecule has 0 bridgehead atoms. The summed E-state index contributed by atoms with van der Waals surface area (Å²) in [5, 5.41) is 8.69. The van der Waals surface area contributed by atoms with Gasteiger partial charge in [-0.15, -0.1) is 0 Å². The smallest absolute Gasteiger partial charge is 0.282 e. The van der Waals surface area contributed by atoms with Gasteiger partial charge in [0.2, 0.25) is 5.03 Å². The number of carbonyl (C=O) groups is 1. The first-order valence-corrected chi connectivity index (χ1v) is 10.6. The normalized spacial score (nSPS) is 11.0. The predicted octanol–water partition coefficient (Wildman–Crippen LogP) is 3.18. The summed E-state index contributed by atoms with van der Waals surface area (Å²) in [7, 11) is -2.57. The third-order valence-electron chi connectivity index (χ3n) is 4.16. The first kappa shape index (κ1) is 21.2. The van der Waals surface area contributed by atoms with E-state index in [0.29, 0.717) is 35.2 Å². The Labute approximate surface area is 174 Å². The fourth-order valence-corrected chi connectivity index (χ4v) is 3.95. The Morgan fingerprint density at radius 2 is 1.63 bits per heavy atom. The standard InChI is InChI=1S/C20H22N4O5S/c1-4-29-17-11-7-15(8-12-17)24-30(26,27)20-18(13(2)22-23-20)19(25)21-14-5-9-16(28-3)10-6-14/h5-12,24H,4H2,1-3H3,(H,21,25)(H,22,23). The molecule has 0 aliphatic heterocycles. The molecule has 0 saturated heterocycles. The van der Waals surface area contributed by atoms with Crippen molar-refractivity contribution in [2.75, 3.05) is 23.8 Å². The molecule has 0 aliphatic carbocycles. The Hall–Kier alpha value is -3.53. The van der Waals surface area contributed by atoms with Gasteiger partial charge in [0.15, 0.2) is 0 Å². The van der Waals surface area contributed by atoms with Gasteiger partial charge in [0, 0.05) is 17.1 Å². The lowest BCUT2D eigenvalue weighted by molar-refractivity contribution is 0.102. The number of aryl methyl sites for hydroxylation is 1. The molecule has 2 aromatic carbocycles. The highest BCUT2D eigenvalue weighted by Gasteiger charge is 2.28. The van der Waals surface area contributed by atoms with Crippen molar-refractivity contribution in [2.45, 2.75) is 18.9 Å². The van der Waals surface area contributed by atoms with Crippen LogP contribution in [-0.4, -0.2) is 38.2 Å². The van der Waals surface area contributed by atoms with E-state index in [4.69, 9.17) is 9.47 Å². The largest absolute Gasteiger partial charge is 0.497 e. The first-order chi connectivity index (χ1) is 14.3. The first-order valence-electron chi connectivity index (χ1n) is 9.10. The fraction of sp³-hybridized carbons (Fsp3) is 0.200. The molecule has 0 radical (unpaired) electrons. The highest BCUT2D eigenvalue weighted by Crippen LogP contribution is 2.23. The van der Waals surface area contributed by atoms with E-state index in [1.165, 1.54) is 7.11 Å². The van der Waals surface area contributed by atoms with Gasteiger partial charge in [-0.1, -0.05) is 0 Å². The second kappa shape index (κ2) is 8.87. The second-order valence-electron chi connectivity index (χ2n) is 6.27. The zero-order chi connectivity index (χ0) is 21.7. The van der Waals surface area contributed by atoms with Gasteiger partial charge < -0.3 is 14.8 Å². The quantitative estimate of drug-likeness (QED) is 0.504. The molecule has 30 heavy (non-hydrogen) atoms. The van der Waals surface area contributed by atoms with E-state index in [1.807, 2.05) is 6.92 Å². The van der Waals surface area contributed by atoms with E-state index in [9.17, 15) is 13.2 Å². The molecule has 0 spiro atoms. The minimum atomic E-state index is -4.11. The van der Waals surface area contributed by atoms with E-state index in [1.54, 1.807) is 55.5 Å². The molecule has 10 heteroatoms. The van der Waals surface area contributed by atoms with Crippen LogP contribution in [0.15, 0.2) is 53.6 Å². The summed E-state index contributed by atoms with van der Waals surface area (Å²) in [6.07, 6.45) is 0. The summed E-state index contributed by atoms with van der Waals surface area (Å²) in [6.45, 7) is 3.94. The van der Waals surface area contributed by atoms with Crippen molar-refractivity contribution in [3.63, 3.8) is 0 Å². The maximum atomic E-state index is 12.9. The third-order valence-corrected chi connectivity index (χ3v) is 5.47. The number of ether oxygens (including phenoxy) is 2. The number of hydrogen-bond donors (Lipinski definition) is 3. The van der Waals surface area contributed by atoms with Crippen LogP contribution in [0.2, 0.25) is 0 Å². The van der Waals surface area contributed by atoms with E-state index in [2.05, 4.69) is 20.2 Å². The maximum Gasteiger partial charge on any atom is 0.282 e. The molecule has 0 saturated carbocycles. The van der Waals surface area contributed by atoms with Gasteiger partial charge >= 0.3 is 0 Å². The molecule has 1 amide bonds. The van der Waals surface area contributed by atoms with Gasteiger partial charge in [-0.2, -0.15) is 13.5 Å². The topological polar surface area (TPSA) is 122 Å². The van der Waals surface area contributed by atoms with Gasteiger partial charge in [0.1, 0.15) is 17.1 Å². The van der Waals surface area contributed by atoms with Crippen molar-refractivity contribution in [1.82, 2.24) is 10.2 Å². The van der Waals surface area contributed by atoms with Crippen LogP contribution >= 0.6 is 0 Å². The molecule has 3 aromatic rings. The Kier molecular flexibility index (Phi) is 6.26. The van der Waals surface area contributed by atoms with Gasteiger partial charge in [-0.3, -0.25) is 14.6 Å². The molecule has 9 nitrogen and oxygen atoms in total. The van der Waals surface area contributed by atoms with Gasteiger partial charge in [0.25, 0.3) is 15.9 Å². The summed E-state index contributed by atoms with van der Waals surface area (Å²) >= 11 is 0. The van der Waals surface area contributed by atoms with E-state index < -0.39 is 15.9 Å². The molecule has 3 rings (SSSR count). The lowest BCUT2D eigenvalue weighted by atomic mass is 10.2. The number of nitrogens with zero attached hydrogens (tertiary/aromatic N) is 1. The summed E-state index contributed by atoms with van der Waals surface area (Å²) in [4.78, 5) is 12.8. The SMILES string of the molecule is CCOc1ccc(NS(=O)(=O)c2n[nH]c(C)c2C(=O)Nc2ccc(OC)cc2)cc1. The lowest BCUT2D eigenvalue weighted by Gasteiger charge is -2.10. The lowest BCUT2D eigenvalue weighted by Crippen LogP contribution is -2.20. The molecule has 1 aromatic heterocycles. The van der Waals surface area contributed by atoms with Crippen LogP contribution < -0.4 is 19.5 Å². The Morgan fingerprint density at radius 3 is 2.23 bits per heavy atom. The van der Waals surface area contributed by atoms with E-state index in [-0.39, 0.29) is 10.6 Å². The summed E-state index contributed by atoms with van der Waals surface area (Å²) in [6, 6.07) is 13.1. The summed E-state index contributed by atoms with van der Waals surface area (Å²) < 4.78 is 38.6. The number of benzene rings is 2.